The highest BCUT2D eigenvalue weighted by Gasteiger charge is 2.25. The number of piperidine rings is 1. The van der Waals surface area contributed by atoms with E-state index in [0.29, 0.717) is 25.6 Å². The van der Waals surface area contributed by atoms with Crippen molar-refractivity contribution in [3.05, 3.63) is 28.7 Å². The molecule has 5 nitrogen and oxygen atoms in total. The lowest BCUT2D eigenvalue weighted by molar-refractivity contribution is -0.120. The number of hydrogen-bond donors (Lipinski definition) is 1. The summed E-state index contributed by atoms with van der Waals surface area (Å²) in [4.78, 5) is 13.3. The van der Waals surface area contributed by atoms with Gasteiger partial charge < -0.3 is 5.32 Å². The van der Waals surface area contributed by atoms with Gasteiger partial charge in [0.05, 0.1) is 11.5 Å². The number of carbonyl (C=O) groups excluding carboxylic acids is 1. The van der Waals surface area contributed by atoms with Crippen LogP contribution in [-0.2, 0) is 14.8 Å². The van der Waals surface area contributed by atoms with E-state index in [1.165, 1.54) is 22.3 Å². The zero-order valence-corrected chi connectivity index (χ0v) is 17.1. The first kappa shape index (κ1) is 19.8. The molecule has 134 valence electrons. The van der Waals surface area contributed by atoms with Crippen LogP contribution in [0.25, 0.3) is 0 Å². The Kier molecular flexibility index (Phi) is 7.15. The summed E-state index contributed by atoms with van der Waals surface area (Å²) < 4.78 is 25.5. The topological polar surface area (TPSA) is 66.5 Å². The second-order valence-electron chi connectivity index (χ2n) is 6.06. The summed E-state index contributed by atoms with van der Waals surface area (Å²) in [6.07, 6.45) is 2.83. The van der Waals surface area contributed by atoms with Crippen LogP contribution in [0.3, 0.4) is 0 Å². The summed E-state index contributed by atoms with van der Waals surface area (Å²) in [7, 11) is -3.09. The maximum absolute atomic E-state index is 12.2. The second kappa shape index (κ2) is 8.69. The molecule has 1 aromatic carbocycles. The quantitative estimate of drug-likeness (QED) is 0.698. The van der Waals surface area contributed by atoms with Crippen LogP contribution in [0.15, 0.2) is 33.6 Å². The van der Waals surface area contributed by atoms with Crippen LogP contribution in [0.2, 0.25) is 0 Å². The van der Waals surface area contributed by atoms with E-state index in [9.17, 15) is 13.2 Å². The number of carbonyl (C=O) groups is 1. The Morgan fingerprint density at radius 3 is 2.46 bits per heavy atom. The molecular weight excluding hydrogens is 412 g/mol. The number of nitrogens with one attached hydrogen (secondary N) is 1. The highest BCUT2D eigenvalue weighted by molar-refractivity contribution is 9.10. The lowest BCUT2D eigenvalue weighted by Crippen LogP contribution is -2.42. The zero-order valence-electron chi connectivity index (χ0n) is 13.9. The lowest BCUT2D eigenvalue weighted by Gasteiger charge is -2.30. The summed E-state index contributed by atoms with van der Waals surface area (Å²) in [5.41, 5.74) is 0. The largest absolute Gasteiger partial charge is 0.355 e. The van der Waals surface area contributed by atoms with Gasteiger partial charge in [0.25, 0.3) is 0 Å². The number of halogens is 1. The van der Waals surface area contributed by atoms with Gasteiger partial charge in [-0.05, 0) is 49.9 Å². The number of sulfonamides is 1. The molecule has 0 aliphatic carbocycles. The Morgan fingerprint density at radius 1 is 1.33 bits per heavy atom. The minimum absolute atomic E-state index is 0.0217. The maximum atomic E-state index is 12.2. The third-order valence-electron chi connectivity index (χ3n) is 4.10. The molecule has 1 atom stereocenters. The molecule has 24 heavy (non-hydrogen) atoms. The van der Waals surface area contributed by atoms with E-state index in [2.05, 4.69) is 21.2 Å². The number of benzene rings is 1. The molecule has 0 bridgehead atoms. The van der Waals surface area contributed by atoms with Crippen molar-refractivity contribution in [1.82, 2.24) is 9.62 Å². The highest BCUT2D eigenvalue weighted by atomic mass is 79.9. The molecule has 1 heterocycles. The Balaban J connectivity index is 1.74. The summed E-state index contributed by atoms with van der Waals surface area (Å²) in [5, 5.41) is 2.84. The van der Waals surface area contributed by atoms with Crippen LogP contribution < -0.4 is 5.32 Å². The normalized spacial score (nSPS) is 18.3. The summed E-state index contributed by atoms with van der Waals surface area (Å²) >= 11 is 4.93. The molecule has 1 aliphatic rings. The summed E-state index contributed by atoms with van der Waals surface area (Å²) in [6, 6.07) is 7.89. The molecule has 1 unspecified atom stereocenters. The minimum atomic E-state index is -3.09. The van der Waals surface area contributed by atoms with E-state index < -0.39 is 10.0 Å². The van der Waals surface area contributed by atoms with E-state index in [4.69, 9.17) is 0 Å². The van der Waals surface area contributed by atoms with Crippen molar-refractivity contribution in [3.8, 4) is 0 Å². The maximum Gasteiger partial charge on any atom is 0.233 e. The van der Waals surface area contributed by atoms with E-state index in [1.54, 1.807) is 0 Å². The average Bonchev–Trinajstić information content (AvgIpc) is 2.54. The molecule has 0 saturated carbocycles. The van der Waals surface area contributed by atoms with Gasteiger partial charge in [0.1, 0.15) is 0 Å². The fourth-order valence-corrected chi connectivity index (χ4v) is 4.63. The van der Waals surface area contributed by atoms with Crippen molar-refractivity contribution in [2.75, 3.05) is 25.9 Å². The summed E-state index contributed by atoms with van der Waals surface area (Å²) in [5.74, 6) is 0.366. The Bertz CT molecular complexity index is 656. The first-order valence-electron chi connectivity index (χ1n) is 7.91. The van der Waals surface area contributed by atoms with Gasteiger partial charge in [-0.2, -0.15) is 0 Å². The Labute approximate surface area is 156 Å². The fraction of sp³-hybridized carbons (Fsp3) is 0.562. The number of hydrogen-bond acceptors (Lipinski definition) is 4. The molecule has 2 rings (SSSR count). The van der Waals surface area contributed by atoms with Crippen LogP contribution in [-0.4, -0.2) is 49.8 Å². The molecule has 1 amide bonds. The number of amides is 1. The van der Waals surface area contributed by atoms with Crippen LogP contribution in [0, 0.1) is 5.92 Å². The van der Waals surface area contributed by atoms with Gasteiger partial charge in [0.2, 0.25) is 15.9 Å². The predicted molar refractivity (Wildman–Crippen MR) is 102 cm³/mol. The van der Waals surface area contributed by atoms with E-state index in [0.717, 1.165) is 22.2 Å². The van der Waals surface area contributed by atoms with Crippen LogP contribution >= 0.6 is 27.7 Å². The van der Waals surface area contributed by atoms with Crippen molar-refractivity contribution in [3.63, 3.8) is 0 Å². The van der Waals surface area contributed by atoms with E-state index >= 15 is 0 Å². The molecule has 8 heteroatoms. The third kappa shape index (κ3) is 6.06. The second-order valence-corrected chi connectivity index (χ2v) is 10.4. The van der Waals surface area contributed by atoms with Gasteiger partial charge in [-0.15, -0.1) is 11.8 Å². The molecule has 1 aromatic rings. The number of rotatable bonds is 6. The van der Waals surface area contributed by atoms with Crippen molar-refractivity contribution in [2.45, 2.75) is 29.9 Å². The highest BCUT2D eigenvalue weighted by Crippen LogP contribution is 2.25. The molecule has 0 radical (unpaired) electrons. The van der Waals surface area contributed by atoms with Gasteiger partial charge in [0.15, 0.2) is 0 Å². The van der Waals surface area contributed by atoms with Crippen molar-refractivity contribution < 1.29 is 13.2 Å². The SMILES string of the molecule is CC(Sc1ccc(Br)cc1)C(=O)NCC1CCN(S(C)(=O)=O)CC1. The molecule has 0 spiro atoms. The first-order chi connectivity index (χ1) is 11.3. The van der Waals surface area contributed by atoms with Gasteiger partial charge in [-0.1, -0.05) is 15.9 Å². The van der Waals surface area contributed by atoms with Crippen molar-refractivity contribution in [2.24, 2.45) is 5.92 Å². The number of thioether (sulfide) groups is 1. The lowest BCUT2D eigenvalue weighted by atomic mass is 9.98. The molecule has 1 saturated heterocycles. The molecular formula is C16H23BrN2O3S2. The van der Waals surface area contributed by atoms with Crippen LogP contribution in [0.1, 0.15) is 19.8 Å². The number of nitrogens with zero attached hydrogens (tertiary/aromatic N) is 1. The molecule has 1 fully saturated rings. The Hall–Kier alpha value is -0.570. The van der Waals surface area contributed by atoms with E-state index in [1.807, 2.05) is 31.2 Å². The standard InChI is InChI=1S/C16H23BrN2O3S2/c1-12(23-15-5-3-14(17)4-6-15)16(20)18-11-13-7-9-19(10-8-13)24(2,21)22/h3-6,12-13H,7-11H2,1-2H3,(H,18,20). The van der Waals surface area contributed by atoms with Gasteiger partial charge in [-0.3, -0.25) is 4.79 Å². The van der Waals surface area contributed by atoms with Gasteiger partial charge >= 0.3 is 0 Å². The van der Waals surface area contributed by atoms with Gasteiger partial charge in [0, 0.05) is 29.0 Å². The molecule has 1 N–H and O–H groups in total. The van der Waals surface area contributed by atoms with E-state index in [-0.39, 0.29) is 11.2 Å². The van der Waals surface area contributed by atoms with Crippen LogP contribution in [0.5, 0.6) is 0 Å². The smallest absolute Gasteiger partial charge is 0.233 e. The van der Waals surface area contributed by atoms with Crippen molar-refractivity contribution in [1.29, 1.82) is 0 Å². The minimum Gasteiger partial charge on any atom is -0.355 e. The first-order valence-corrected chi connectivity index (χ1v) is 11.4. The van der Waals surface area contributed by atoms with Crippen molar-refractivity contribution >= 4 is 43.6 Å². The summed E-state index contributed by atoms with van der Waals surface area (Å²) in [6.45, 7) is 3.60. The van der Waals surface area contributed by atoms with Gasteiger partial charge in [-0.25, -0.2) is 12.7 Å². The Morgan fingerprint density at radius 2 is 1.92 bits per heavy atom. The third-order valence-corrected chi connectivity index (χ3v) is 7.05. The average molecular weight is 435 g/mol. The molecule has 1 aliphatic heterocycles. The van der Waals surface area contributed by atoms with Crippen LogP contribution in [0.4, 0.5) is 0 Å². The molecule has 0 aromatic heterocycles. The zero-order chi connectivity index (χ0) is 17.7. The fourth-order valence-electron chi connectivity index (χ4n) is 2.60. The predicted octanol–water partition coefficient (Wildman–Crippen LogP) is 2.72. The monoisotopic (exact) mass is 434 g/mol.